The minimum atomic E-state index is -4.58. The van der Waals surface area contributed by atoms with E-state index < -0.39 is 31.4 Å². The molecule has 8 rings (SSSR count). The van der Waals surface area contributed by atoms with Crippen molar-refractivity contribution in [2.24, 2.45) is 5.92 Å². The molecule has 0 saturated carbocycles. The van der Waals surface area contributed by atoms with E-state index in [1.807, 2.05) is 60.7 Å². The number of β-lactam (4-membered cyclic amide) rings is 1. The van der Waals surface area contributed by atoms with Gasteiger partial charge in [-0.1, -0.05) is 48.5 Å². The van der Waals surface area contributed by atoms with Gasteiger partial charge in [-0.15, -0.1) is 0 Å². The number of carbonyl (C=O) groups is 2. The molecule has 14 nitrogen and oxygen atoms in total. The molecule has 6 aromatic rings. The molecule has 2 aliphatic heterocycles. The lowest BCUT2D eigenvalue weighted by Crippen LogP contribution is -2.46. The lowest BCUT2D eigenvalue weighted by atomic mass is 9.92. The maximum Gasteiger partial charge on any atom is 0.293 e. The first-order valence-electron chi connectivity index (χ1n) is 18.0. The number of rotatable bonds is 12. The van der Waals surface area contributed by atoms with Gasteiger partial charge in [0.05, 0.1) is 34.0 Å². The third-order valence-electron chi connectivity index (χ3n) is 10.1. The molecule has 15 heteroatoms. The Bertz CT molecular complexity index is 2560. The normalized spacial score (nSPS) is 16.0. The Labute approximate surface area is 321 Å². The van der Waals surface area contributed by atoms with Crippen molar-refractivity contribution in [1.82, 2.24) is 14.7 Å². The summed E-state index contributed by atoms with van der Waals surface area (Å²) in [6.45, 7) is 1.70. The van der Waals surface area contributed by atoms with Crippen LogP contribution in [0.4, 0.5) is 17.1 Å². The highest BCUT2D eigenvalue weighted by Gasteiger charge is 2.38. The minimum Gasteiger partial charge on any atom is -0.455 e. The molecule has 1 unspecified atom stereocenters. The van der Waals surface area contributed by atoms with Gasteiger partial charge in [0.2, 0.25) is 5.91 Å². The molecule has 0 aliphatic carbocycles. The van der Waals surface area contributed by atoms with E-state index in [1.165, 1.54) is 24.4 Å². The SMILES string of the molecule is O=C(NS(=O)(=O)c1ccc(NCC2CCOCC2)c([N+](=O)[O-])c1)c1ccc(-c2ccc(N3C(=O)CC3c3ccccc3)cc2)cc1Oc1cnc2[nH]ccc2c1. The first-order valence-corrected chi connectivity index (χ1v) is 19.5. The van der Waals surface area contributed by atoms with E-state index in [-0.39, 0.29) is 34.9 Å². The monoisotopic (exact) mass is 772 g/mol. The second kappa shape index (κ2) is 15.3. The van der Waals surface area contributed by atoms with Crippen LogP contribution in [0.15, 0.2) is 120 Å². The molecule has 2 fully saturated rings. The molecule has 2 amide bonds. The Hall–Kier alpha value is -6.58. The van der Waals surface area contributed by atoms with Crippen molar-refractivity contribution >= 4 is 49.9 Å². The van der Waals surface area contributed by atoms with E-state index in [2.05, 4.69) is 20.0 Å². The number of nitro benzene ring substituents is 1. The van der Waals surface area contributed by atoms with E-state index in [4.69, 9.17) is 9.47 Å². The van der Waals surface area contributed by atoms with Gasteiger partial charge < -0.3 is 24.7 Å². The molecule has 1 atom stereocenters. The molecular weight excluding hydrogens is 737 g/mol. The number of amides is 2. The smallest absolute Gasteiger partial charge is 0.293 e. The van der Waals surface area contributed by atoms with Crippen molar-refractivity contribution in [2.45, 2.75) is 30.2 Å². The molecule has 56 heavy (non-hydrogen) atoms. The second-order valence-electron chi connectivity index (χ2n) is 13.6. The van der Waals surface area contributed by atoms with Crippen LogP contribution in [-0.4, -0.2) is 54.9 Å². The van der Waals surface area contributed by atoms with Gasteiger partial charge >= 0.3 is 0 Å². The lowest BCUT2D eigenvalue weighted by molar-refractivity contribution is -0.384. The molecule has 4 aromatic carbocycles. The molecule has 284 valence electrons. The number of ether oxygens (including phenoxy) is 2. The topological polar surface area (TPSA) is 186 Å². The van der Waals surface area contributed by atoms with E-state index in [0.29, 0.717) is 43.1 Å². The van der Waals surface area contributed by atoms with E-state index in [0.717, 1.165) is 41.1 Å². The molecule has 3 N–H and O–H groups in total. The van der Waals surface area contributed by atoms with Crippen molar-refractivity contribution in [3.05, 3.63) is 137 Å². The number of aromatic nitrogens is 2. The number of sulfonamides is 1. The summed E-state index contributed by atoms with van der Waals surface area (Å²) in [4.78, 5) is 46.5. The summed E-state index contributed by atoms with van der Waals surface area (Å²) in [5.41, 5.74) is 3.45. The summed E-state index contributed by atoms with van der Waals surface area (Å²) < 4.78 is 40.8. The van der Waals surface area contributed by atoms with Gasteiger partial charge in [0, 0.05) is 43.1 Å². The maximum absolute atomic E-state index is 13.8. The lowest BCUT2D eigenvalue weighted by Gasteiger charge is -2.40. The molecule has 2 aromatic heterocycles. The highest BCUT2D eigenvalue weighted by molar-refractivity contribution is 7.90. The van der Waals surface area contributed by atoms with Gasteiger partial charge in [0.1, 0.15) is 22.8 Å². The number of carbonyl (C=O) groups excluding carboxylic acids is 2. The summed E-state index contributed by atoms with van der Waals surface area (Å²) in [5, 5.41) is 15.8. The van der Waals surface area contributed by atoms with Crippen LogP contribution < -0.4 is 19.7 Å². The van der Waals surface area contributed by atoms with Crippen LogP contribution in [0.1, 0.15) is 41.2 Å². The zero-order chi connectivity index (χ0) is 38.8. The molecule has 0 bridgehead atoms. The predicted molar refractivity (Wildman–Crippen MR) is 209 cm³/mol. The Morgan fingerprint density at radius 2 is 1.73 bits per heavy atom. The quantitative estimate of drug-likeness (QED) is 0.0645. The van der Waals surface area contributed by atoms with Crippen LogP contribution in [0.2, 0.25) is 0 Å². The summed E-state index contributed by atoms with van der Waals surface area (Å²) >= 11 is 0. The van der Waals surface area contributed by atoms with Crippen LogP contribution >= 0.6 is 0 Å². The van der Waals surface area contributed by atoms with Gasteiger partial charge in [-0.05, 0) is 84.0 Å². The minimum absolute atomic E-state index is 0.0217. The number of aromatic amines is 1. The Morgan fingerprint density at radius 1 is 0.964 bits per heavy atom. The largest absolute Gasteiger partial charge is 0.455 e. The third kappa shape index (κ3) is 7.54. The third-order valence-corrected chi connectivity index (χ3v) is 11.4. The second-order valence-corrected chi connectivity index (χ2v) is 15.3. The summed E-state index contributed by atoms with van der Waals surface area (Å²) in [5.74, 6) is -0.392. The number of anilines is 2. The van der Waals surface area contributed by atoms with E-state index >= 15 is 0 Å². The zero-order valence-corrected chi connectivity index (χ0v) is 30.7. The molecule has 0 radical (unpaired) electrons. The molecule has 4 heterocycles. The van der Waals surface area contributed by atoms with Crippen molar-refractivity contribution in [1.29, 1.82) is 0 Å². The number of benzene rings is 4. The molecule has 0 spiro atoms. The standard InChI is InChI=1S/C41H36N6O8S/c48-39-23-36(28-4-2-1-3-5-28)46(39)31-9-6-27(7-10-31)29-8-12-34(38(21-29)55-32-20-30-14-17-42-40(30)44-25-32)41(49)45-56(52,53)33-11-13-35(37(22-33)47(50)51)43-24-26-15-18-54-19-16-26/h1-14,17,20-22,25-26,36,43H,15-16,18-19,23-24H2,(H,42,44)(H,45,49). The number of hydrogen-bond donors (Lipinski definition) is 3. The number of nitrogens with zero attached hydrogens (tertiary/aromatic N) is 3. The number of nitro groups is 1. The van der Waals surface area contributed by atoms with Crippen LogP contribution in [0.5, 0.6) is 11.5 Å². The van der Waals surface area contributed by atoms with Gasteiger partial charge in [0.15, 0.2) is 0 Å². The maximum atomic E-state index is 13.8. The average Bonchev–Trinajstić information content (AvgIpc) is 3.68. The van der Waals surface area contributed by atoms with Gasteiger partial charge in [-0.25, -0.2) is 18.1 Å². The number of fused-ring (bicyclic) bond motifs is 1. The zero-order valence-electron chi connectivity index (χ0n) is 29.9. The van der Waals surface area contributed by atoms with Crippen molar-refractivity contribution in [2.75, 3.05) is 30.0 Å². The highest BCUT2D eigenvalue weighted by atomic mass is 32.2. The Morgan fingerprint density at radius 3 is 2.48 bits per heavy atom. The number of nitrogens with one attached hydrogen (secondary N) is 3. The first kappa shape index (κ1) is 36.4. The van der Waals surface area contributed by atoms with Crippen molar-refractivity contribution in [3.63, 3.8) is 0 Å². The van der Waals surface area contributed by atoms with Crippen LogP contribution in [0, 0.1) is 16.0 Å². The summed E-state index contributed by atoms with van der Waals surface area (Å²) in [7, 11) is -4.58. The Balaban J connectivity index is 1.06. The predicted octanol–water partition coefficient (Wildman–Crippen LogP) is 7.37. The van der Waals surface area contributed by atoms with Gasteiger partial charge in [-0.2, -0.15) is 0 Å². The van der Waals surface area contributed by atoms with Crippen LogP contribution in [-0.2, 0) is 19.6 Å². The van der Waals surface area contributed by atoms with Gasteiger partial charge in [0.25, 0.3) is 21.6 Å². The highest BCUT2D eigenvalue weighted by Crippen LogP contribution is 2.40. The number of H-pyrrole nitrogens is 1. The number of pyridine rings is 1. The van der Waals surface area contributed by atoms with Crippen molar-refractivity contribution < 1.29 is 32.4 Å². The van der Waals surface area contributed by atoms with E-state index in [9.17, 15) is 28.1 Å². The Kier molecular flexibility index (Phi) is 9.93. The van der Waals surface area contributed by atoms with Gasteiger partial charge in [-0.3, -0.25) is 19.7 Å². The van der Waals surface area contributed by atoms with Crippen LogP contribution in [0.3, 0.4) is 0 Å². The first-order chi connectivity index (χ1) is 27.1. The molecule has 2 saturated heterocycles. The van der Waals surface area contributed by atoms with Crippen LogP contribution in [0.25, 0.3) is 22.2 Å². The average molecular weight is 773 g/mol. The fourth-order valence-corrected chi connectivity index (χ4v) is 7.98. The fraction of sp³-hybridized carbons (Fsp3) is 0.195. The number of hydrogen-bond acceptors (Lipinski definition) is 10. The summed E-state index contributed by atoms with van der Waals surface area (Å²) in [6.07, 6.45) is 5.25. The molecule has 2 aliphatic rings. The summed E-state index contributed by atoms with van der Waals surface area (Å²) in [6, 6.07) is 28.9. The fourth-order valence-electron chi connectivity index (χ4n) is 6.99. The van der Waals surface area contributed by atoms with Crippen molar-refractivity contribution in [3.8, 4) is 22.6 Å². The van der Waals surface area contributed by atoms with E-state index in [1.54, 1.807) is 29.3 Å². The molecular formula is C41H36N6O8S.